The minimum atomic E-state index is 0.0624. The molecule has 94 valence electrons. The lowest BCUT2D eigenvalue weighted by molar-refractivity contribution is -0.0618. The van der Waals surface area contributed by atoms with E-state index in [2.05, 4.69) is 12.1 Å². The van der Waals surface area contributed by atoms with Crippen molar-refractivity contribution in [3.63, 3.8) is 0 Å². The first-order valence-corrected chi connectivity index (χ1v) is 6.37. The first kappa shape index (κ1) is 12.6. The number of nitrogens with two attached hydrogens (primary N) is 2. The first-order chi connectivity index (χ1) is 8.16. The molecule has 4 N–H and O–H groups in total. The summed E-state index contributed by atoms with van der Waals surface area (Å²) >= 11 is 0. The van der Waals surface area contributed by atoms with Crippen LogP contribution in [0.3, 0.4) is 0 Å². The maximum Gasteiger partial charge on any atom is 0.0734 e. The van der Waals surface area contributed by atoms with Crippen molar-refractivity contribution in [2.75, 3.05) is 0 Å². The van der Waals surface area contributed by atoms with Gasteiger partial charge in [-0.3, -0.25) is 0 Å². The van der Waals surface area contributed by atoms with Crippen LogP contribution in [0, 0.1) is 0 Å². The van der Waals surface area contributed by atoms with Crippen LogP contribution in [0.2, 0.25) is 0 Å². The zero-order chi connectivity index (χ0) is 12.3. The van der Waals surface area contributed by atoms with Gasteiger partial charge in [-0.05, 0) is 31.7 Å². The molecule has 3 heteroatoms. The molecule has 0 aliphatic carbocycles. The van der Waals surface area contributed by atoms with Gasteiger partial charge in [-0.1, -0.05) is 30.3 Å². The van der Waals surface area contributed by atoms with Crippen LogP contribution in [-0.4, -0.2) is 24.3 Å². The third-order valence-corrected chi connectivity index (χ3v) is 3.57. The molecule has 3 nitrogen and oxygen atoms in total. The van der Waals surface area contributed by atoms with Gasteiger partial charge in [0.05, 0.1) is 12.2 Å². The van der Waals surface area contributed by atoms with Crippen LogP contribution in [0.5, 0.6) is 0 Å². The third-order valence-electron chi connectivity index (χ3n) is 3.57. The Kier molecular flexibility index (Phi) is 4.15. The fourth-order valence-corrected chi connectivity index (χ4v) is 2.37. The van der Waals surface area contributed by atoms with Gasteiger partial charge in [0.25, 0.3) is 0 Å². The highest BCUT2D eigenvalue weighted by Gasteiger charge is 2.29. The van der Waals surface area contributed by atoms with Crippen molar-refractivity contribution in [2.24, 2.45) is 11.5 Å². The Balaban J connectivity index is 1.90. The Morgan fingerprint density at radius 3 is 2.65 bits per heavy atom. The maximum atomic E-state index is 6.22. The van der Waals surface area contributed by atoms with Crippen molar-refractivity contribution in [1.82, 2.24) is 0 Å². The molecule has 0 saturated carbocycles. The average molecular weight is 234 g/mol. The summed E-state index contributed by atoms with van der Waals surface area (Å²) < 4.78 is 5.88. The second-order valence-corrected chi connectivity index (χ2v) is 4.97. The van der Waals surface area contributed by atoms with E-state index in [4.69, 9.17) is 16.2 Å². The maximum absolute atomic E-state index is 6.22. The largest absolute Gasteiger partial charge is 0.372 e. The quantitative estimate of drug-likeness (QED) is 0.832. The fraction of sp³-hybridized carbons (Fsp3) is 0.571. The van der Waals surface area contributed by atoms with Crippen molar-refractivity contribution >= 4 is 0 Å². The minimum absolute atomic E-state index is 0.0624. The second kappa shape index (κ2) is 5.63. The SMILES string of the molecule is C[C@H]1OC(C(N)Cc2ccccc2)CCC1N. The molecule has 1 aromatic rings. The smallest absolute Gasteiger partial charge is 0.0734 e. The molecule has 1 saturated heterocycles. The van der Waals surface area contributed by atoms with Crippen LogP contribution in [0.15, 0.2) is 30.3 Å². The highest BCUT2D eigenvalue weighted by atomic mass is 16.5. The number of hydrogen-bond donors (Lipinski definition) is 2. The molecule has 1 fully saturated rings. The molecule has 0 aromatic heterocycles. The molecule has 1 heterocycles. The summed E-state index contributed by atoms with van der Waals surface area (Å²) in [5, 5.41) is 0. The van der Waals surface area contributed by atoms with Gasteiger partial charge < -0.3 is 16.2 Å². The molecule has 0 spiro atoms. The Labute approximate surface area is 103 Å². The van der Waals surface area contributed by atoms with E-state index in [9.17, 15) is 0 Å². The van der Waals surface area contributed by atoms with Crippen LogP contribution in [0.4, 0.5) is 0 Å². The van der Waals surface area contributed by atoms with Crippen molar-refractivity contribution in [1.29, 1.82) is 0 Å². The van der Waals surface area contributed by atoms with E-state index in [1.165, 1.54) is 5.56 Å². The number of ether oxygens (including phenoxy) is 1. The lowest BCUT2D eigenvalue weighted by atomic mass is 9.93. The Bertz CT molecular complexity index is 341. The van der Waals surface area contributed by atoms with Gasteiger partial charge in [0.15, 0.2) is 0 Å². The van der Waals surface area contributed by atoms with Crippen molar-refractivity contribution in [2.45, 2.75) is 50.5 Å². The van der Waals surface area contributed by atoms with Crippen LogP contribution < -0.4 is 11.5 Å². The lowest BCUT2D eigenvalue weighted by Gasteiger charge is -2.35. The van der Waals surface area contributed by atoms with Gasteiger partial charge in [-0.25, -0.2) is 0 Å². The minimum Gasteiger partial charge on any atom is -0.372 e. The molecule has 0 amide bonds. The first-order valence-electron chi connectivity index (χ1n) is 6.37. The van der Waals surface area contributed by atoms with Gasteiger partial charge >= 0.3 is 0 Å². The van der Waals surface area contributed by atoms with Gasteiger partial charge in [0.1, 0.15) is 0 Å². The van der Waals surface area contributed by atoms with Crippen LogP contribution in [0.1, 0.15) is 25.3 Å². The van der Waals surface area contributed by atoms with Gasteiger partial charge in [-0.2, -0.15) is 0 Å². The normalized spacial score (nSPS) is 31.1. The van der Waals surface area contributed by atoms with Gasteiger partial charge in [-0.15, -0.1) is 0 Å². The van der Waals surface area contributed by atoms with E-state index in [1.807, 2.05) is 25.1 Å². The van der Waals surface area contributed by atoms with Crippen molar-refractivity contribution in [3.05, 3.63) is 35.9 Å². The molecular weight excluding hydrogens is 212 g/mol. The van der Waals surface area contributed by atoms with E-state index in [0.29, 0.717) is 0 Å². The lowest BCUT2D eigenvalue weighted by Crippen LogP contribution is -2.49. The Morgan fingerprint density at radius 1 is 1.29 bits per heavy atom. The summed E-state index contributed by atoms with van der Waals surface area (Å²) in [6.45, 7) is 2.03. The molecule has 1 aliphatic heterocycles. The van der Waals surface area contributed by atoms with Gasteiger partial charge in [0, 0.05) is 12.1 Å². The molecule has 17 heavy (non-hydrogen) atoms. The summed E-state index contributed by atoms with van der Waals surface area (Å²) in [7, 11) is 0. The monoisotopic (exact) mass is 234 g/mol. The van der Waals surface area contributed by atoms with Gasteiger partial charge in [0.2, 0.25) is 0 Å². The second-order valence-electron chi connectivity index (χ2n) is 4.97. The highest BCUT2D eigenvalue weighted by molar-refractivity contribution is 5.16. The molecular formula is C14H22N2O. The predicted molar refractivity (Wildman–Crippen MR) is 69.7 cm³/mol. The fourth-order valence-electron chi connectivity index (χ4n) is 2.37. The molecule has 3 unspecified atom stereocenters. The molecule has 0 bridgehead atoms. The van der Waals surface area contributed by atoms with E-state index in [1.54, 1.807) is 0 Å². The van der Waals surface area contributed by atoms with E-state index < -0.39 is 0 Å². The molecule has 1 aromatic carbocycles. The van der Waals surface area contributed by atoms with E-state index >= 15 is 0 Å². The summed E-state index contributed by atoms with van der Waals surface area (Å²) in [5.74, 6) is 0. The molecule has 1 aliphatic rings. The average Bonchev–Trinajstić information content (AvgIpc) is 2.34. The Hall–Kier alpha value is -0.900. The number of benzene rings is 1. The van der Waals surface area contributed by atoms with Crippen molar-refractivity contribution < 1.29 is 4.74 Å². The Morgan fingerprint density at radius 2 is 2.00 bits per heavy atom. The van der Waals surface area contributed by atoms with Crippen molar-refractivity contribution in [3.8, 4) is 0 Å². The zero-order valence-corrected chi connectivity index (χ0v) is 10.4. The number of rotatable bonds is 3. The summed E-state index contributed by atoms with van der Waals surface area (Å²) in [5.41, 5.74) is 13.4. The van der Waals surface area contributed by atoms with Crippen LogP contribution in [-0.2, 0) is 11.2 Å². The summed E-state index contributed by atoms with van der Waals surface area (Å²) in [6.07, 6.45) is 3.11. The van der Waals surface area contributed by atoms with E-state index in [0.717, 1.165) is 19.3 Å². The topological polar surface area (TPSA) is 61.3 Å². The van der Waals surface area contributed by atoms with Crippen LogP contribution in [0.25, 0.3) is 0 Å². The van der Waals surface area contributed by atoms with Crippen LogP contribution >= 0.6 is 0 Å². The molecule has 2 rings (SSSR count). The number of hydrogen-bond acceptors (Lipinski definition) is 3. The molecule has 4 atom stereocenters. The standard InChI is InChI=1S/C14H22N2O/c1-10-12(15)7-8-14(17-10)13(16)9-11-5-3-2-4-6-11/h2-6,10,12-14H,7-9,15-16H2,1H3/t10-,12?,13?,14?/m1/s1. The summed E-state index contributed by atoms with van der Waals surface area (Å²) in [4.78, 5) is 0. The highest BCUT2D eigenvalue weighted by Crippen LogP contribution is 2.21. The summed E-state index contributed by atoms with van der Waals surface area (Å²) in [6, 6.07) is 10.6. The predicted octanol–water partition coefficient (Wildman–Crippen LogP) is 1.45. The molecule has 0 radical (unpaired) electrons. The third kappa shape index (κ3) is 3.28. The zero-order valence-electron chi connectivity index (χ0n) is 10.4. The van der Waals surface area contributed by atoms with E-state index in [-0.39, 0.29) is 24.3 Å².